The average molecular weight is 515 g/mol. The van der Waals surface area contributed by atoms with E-state index in [-0.39, 0.29) is 11.8 Å². The van der Waals surface area contributed by atoms with Crippen molar-refractivity contribution in [3.63, 3.8) is 0 Å². The minimum Gasteiger partial charge on any atom is -0.490 e. The van der Waals surface area contributed by atoms with Crippen LogP contribution in [-0.4, -0.2) is 31.1 Å². The number of imide groups is 1. The van der Waals surface area contributed by atoms with Crippen LogP contribution in [0.1, 0.15) is 50.8 Å². The molecule has 0 N–H and O–H groups in total. The lowest BCUT2D eigenvalue weighted by Crippen LogP contribution is -2.37. The zero-order valence-electron chi connectivity index (χ0n) is 22.1. The van der Waals surface area contributed by atoms with Gasteiger partial charge in [0.1, 0.15) is 5.92 Å². The number of nitrogens with zero attached hydrogens (tertiary/aromatic N) is 2. The number of fused-ring (bicyclic) bond motifs is 1. The molecule has 0 unspecified atom stereocenters. The van der Waals surface area contributed by atoms with Crippen molar-refractivity contribution in [1.29, 1.82) is 0 Å². The summed E-state index contributed by atoms with van der Waals surface area (Å²) in [6.45, 7) is 7.18. The van der Waals surface area contributed by atoms with Crippen molar-refractivity contribution in [3.05, 3.63) is 83.9 Å². The van der Waals surface area contributed by atoms with Crippen LogP contribution in [0, 0.1) is 5.92 Å². The van der Waals surface area contributed by atoms with Crippen molar-refractivity contribution in [2.75, 3.05) is 23.2 Å². The van der Waals surface area contributed by atoms with E-state index in [2.05, 4.69) is 13.8 Å². The van der Waals surface area contributed by atoms with Crippen LogP contribution in [0.25, 0.3) is 0 Å². The van der Waals surface area contributed by atoms with Gasteiger partial charge < -0.3 is 9.47 Å². The zero-order chi connectivity index (χ0) is 26.6. The molecule has 0 aromatic heterocycles. The maximum Gasteiger partial charge on any atom is 0.266 e. The number of benzene rings is 3. The topological polar surface area (TPSA) is 68.3 Å². The van der Waals surface area contributed by atoms with Crippen molar-refractivity contribution < 1.29 is 23.9 Å². The number of unbranched alkanes of at least 4 members (excludes halogenated alkanes) is 1. The summed E-state index contributed by atoms with van der Waals surface area (Å²) in [7, 11) is 0. The summed E-state index contributed by atoms with van der Waals surface area (Å²) in [5, 5.41) is 1.70. The molecule has 2 fully saturated rings. The van der Waals surface area contributed by atoms with E-state index in [1.54, 1.807) is 5.06 Å². The van der Waals surface area contributed by atoms with Gasteiger partial charge in [-0.3, -0.25) is 14.4 Å². The third-order valence-corrected chi connectivity index (χ3v) is 7.09. The van der Waals surface area contributed by atoms with Crippen LogP contribution >= 0.6 is 0 Å². The summed E-state index contributed by atoms with van der Waals surface area (Å²) in [5.41, 5.74) is 3.29. The molecule has 2 aliphatic heterocycles. The lowest BCUT2D eigenvalue weighted by Gasteiger charge is -2.29. The van der Waals surface area contributed by atoms with Crippen molar-refractivity contribution in [2.24, 2.45) is 5.92 Å². The zero-order valence-corrected chi connectivity index (χ0v) is 22.1. The molecule has 0 aliphatic carbocycles. The number of hydroxylamine groups is 1. The highest BCUT2D eigenvalue weighted by Gasteiger charge is 2.60. The van der Waals surface area contributed by atoms with Gasteiger partial charge in [0.2, 0.25) is 5.91 Å². The Kier molecular flexibility index (Phi) is 7.65. The first-order valence-corrected chi connectivity index (χ1v) is 13.4. The lowest BCUT2D eigenvalue weighted by atomic mass is 9.90. The van der Waals surface area contributed by atoms with E-state index < -0.39 is 18.1 Å². The number of hydrogen-bond donors (Lipinski definition) is 0. The fraction of sp³-hybridized carbons (Fsp3) is 0.355. The van der Waals surface area contributed by atoms with Crippen molar-refractivity contribution >= 4 is 23.2 Å². The van der Waals surface area contributed by atoms with Crippen LogP contribution < -0.4 is 19.4 Å². The van der Waals surface area contributed by atoms with Crippen LogP contribution in [0.3, 0.4) is 0 Å². The molecule has 2 heterocycles. The Morgan fingerprint density at radius 2 is 1.58 bits per heavy atom. The Balaban J connectivity index is 1.54. The fourth-order valence-electron chi connectivity index (χ4n) is 5.11. The number of hydrogen-bond acceptors (Lipinski definition) is 6. The molecule has 2 amide bonds. The summed E-state index contributed by atoms with van der Waals surface area (Å²) in [6.07, 6.45) is 1.94. The predicted molar refractivity (Wildman–Crippen MR) is 146 cm³/mol. The number of carbonyl (C=O) groups excluding carboxylic acids is 2. The molecule has 0 spiro atoms. The Morgan fingerprint density at radius 3 is 2.26 bits per heavy atom. The first kappa shape index (κ1) is 25.8. The molecular weight excluding hydrogens is 480 g/mol. The summed E-state index contributed by atoms with van der Waals surface area (Å²) in [6, 6.07) is 22.3. The molecule has 38 heavy (non-hydrogen) atoms. The molecule has 2 aliphatic rings. The lowest BCUT2D eigenvalue weighted by molar-refractivity contribution is -0.126. The summed E-state index contributed by atoms with van der Waals surface area (Å²) in [4.78, 5) is 35.0. The van der Waals surface area contributed by atoms with E-state index in [9.17, 15) is 9.59 Å². The van der Waals surface area contributed by atoms with E-state index in [0.717, 1.165) is 36.1 Å². The van der Waals surface area contributed by atoms with Gasteiger partial charge in [-0.05, 0) is 67.3 Å². The van der Waals surface area contributed by atoms with Crippen molar-refractivity contribution in [1.82, 2.24) is 0 Å². The predicted octanol–water partition coefficient (Wildman–Crippen LogP) is 5.88. The van der Waals surface area contributed by atoms with Crippen LogP contribution in [0.15, 0.2) is 72.8 Å². The highest BCUT2D eigenvalue weighted by molar-refractivity contribution is 6.23. The molecule has 5 rings (SSSR count). The van der Waals surface area contributed by atoms with Crippen LogP contribution in [-0.2, 0) is 20.8 Å². The fourth-order valence-corrected chi connectivity index (χ4v) is 5.11. The second-order valence-electron chi connectivity index (χ2n) is 9.53. The van der Waals surface area contributed by atoms with Gasteiger partial charge in [0.15, 0.2) is 17.6 Å². The van der Waals surface area contributed by atoms with Gasteiger partial charge >= 0.3 is 0 Å². The summed E-state index contributed by atoms with van der Waals surface area (Å²) in [5.74, 6) is -0.0559. The molecule has 0 saturated carbocycles. The first-order valence-electron chi connectivity index (χ1n) is 13.4. The molecule has 2 saturated heterocycles. The minimum atomic E-state index is -0.922. The van der Waals surface area contributed by atoms with Crippen LogP contribution in [0.2, 0.25) is 0 Å². The largest absolute Gasteiger partial charge is 0.490 e. The van der Waals surface area contributed by atoms with E-state index >= 15 is 0 Å². The number of aryl methyl sites for hydroxylation is 1. The molecule has 3 aromatic rings. The second-order valence-corrected chi connectivity index (χ2v) is 9.53. The summed E-state index contributed by atoms with van der Waals surface area (Å²) < 4.78 is 11.9. The molecule has 0 bridgehead atoms. The van der Waals surface area contributed by atoms with Gasteiger partial charge in [0.25, 0.3) is 5.91 Å². The third-order valence-electron chi connectivity index (χ3n) is 7.09. The van der Waals surface area contributed by atoms with Gasteiger partial charge in [-0.2, -0.15) is 0 Å². The van der Waals surface area contributed by atoms with Gasteiger partial charge in [0, 0.05) is 0 Å². The third kappa shape index (κ3) is 4.74. The standard InChI is InChI=1S/C31H34N2O5/c1-4-7-19-37-25-18-15-22(20-26(25)36-6-3)28-27-29(38-33(28)24-11-9-8-10-12-24)31(35)32(30(27)34)23-16-13-21(5-2)14-17-23/h8-18,20,27-29H,4-7,19H2,1-3H3/t27-,28-,29-/m1/s1. The van der Waals surface area contributed by atoms with Gasteiger partial charge in [-0.1, -0.05) is 56.7 Å². The second kappa shape index (κ2) is 11.3. The molecule has 7 nitrogen and oxygen atoms in total. The van der Waals surface area contributed by atoms with Crippen molar-refractivity contribution in [3.8, 4) is 11.5 Å². The van der Waals surface area contributed by atoms with E-state index in [1.807, 2.05) is 79.7 Å². The smallest absolute Gasteiger partial charge is 0.266 e. The molecule has 3 atom stereocenters. The molecule has 198 valence electrons. The molecule has 0 radical (unpaired) electrons. The Morgan fingerprint density at radius 1 is 0.816 bits per heavy atom. The van der Waals surface area contributed by atoms with Gasteiger partial charge in [0.05, 0.1) is 30.6 Å². The van der Waals surface area contributed by atoms with E-state index in [4.69, 9.17) is 14.3 Å². The van der Waals surface area contributed by atoms with Crippen LogP contribution in [0.5, 0.6) is 11.5 Å². The Bertz CT molecular complexity index is 1280. The minimum absolute atomic E-state index is 0.270. The Labute approximate surface area is 223 Å². The number of ether oxygens (including phenoxy) is 2. The number of anilines is 2. The van der Waals surface area contributed by atoms with E-state index in [0.29, 0.717) is 30.4 Å². The molecular formula is C31H34N2O5. The number of carbonyl (C=O) groups is 2. The Hall–Kier alpha value is -3.84. The van der Waals surface area contributed by atoms with Crippen LogP contribution in [0.4, 0.5) is 11.4 Å². The highest BCUT2D eigenvalue weighted by atomic mass is 16.7. The summed E-state index contributed by atoms with van der Waals surface area (Å²) >= 11 is 0. The first-order chi connectivity index (χ1) is 18.6. The molecule has 3 aromatic carbocycles. The maximum atomic E-state index is 13.9. The number of para-hydroxylation sites is 1. The number of amides is 2. The quantitative estimate of drug-likeness (QED) is 0.249. The SMILES string of the molecule is CCCCOc1ccc([C@@H]2[C@H]3C(=O)N(c4ccc(CC)cc4)C(=O)[C@@H]3ON2c2ccccc2)cc1OCC. The molecule has 7 heteroatoms. The average Bonchev–Trinajstić information content (AvgIpc) is 3.46. The maximum absolute atomic E-state index is 13.9. The van der Waals surface area contributed by atoms with Gasteiger partial charge in [-0.25, -0.2) is 9.96 Å². The van der Waals surface area contributed by atoms with Gasteiger partial charge in [-0.15, -0.1) is 0 Å². The monoisotopic (exact) mass is 514 g/mol. The van der Waals surface area contributed by atoms with E-state index in [1.165, 1.54) is 4.90 Å². The highest BCUT2D eigenvalue weighted by Crippen LogP contribution is 2.48. The number of rotatable bonds is 10. The van der Waals surface area contributed by atoms with Crippen molar-refractivity contribution in [2.45, 2.75) is 52.2 Å². The normalized spacial score (nSPS) is 20.7.